The van der Waals surface area contributed by atoms with Crippen molar-refractivity contribution in [1.29, 1.82) is 0 Å². The van der Waals surface area contributed by atoms with Crippen LogP contribution in [0, 0.1) is 10.1 Å². The molecule has 0 radical (unpaired) electrons. The monoisotopic (exact) mass is 294 g/mol. The second kappa shape index (κ2) is 5.49. The van der Waals surface area contributed by atoms with E-state index in [9.17, 15) is 19.7 Å². The van der Waals surface area contributed by atoms with Crippen LogP contribution in [0.15, 0.2) is 24.3 Å². The molecule has 1 fully saturated rings. The molecule has 0 bridgehead atoms. The number of carbonyl (C=O) groups is 2. The molecule has 1 aliphatic heterocycles. The van der Waals surface area contributed by atoms with Gasteiger partial charge in [-0.15, -0.1) is 0 Å². The minimum Gasteiger partial charge on any atom is -0.480 e. The Kier molecular flexibility index (Phi) is 3.90. The Morgan fingerprint density at radius 2 is 2.05 bits per heavy atom. The van der Waals surface area contributed by atoms with Crippen molar-refractivity contribution >= 4 is 17.6 Å². The third kappa shape index (κ3) is 3.16. The summed E-state index contributed by atoms with van der Waals surface area (Å²) in [6, 6.07) is 5.71. The van der Waals surface area contributed by atoms with Crippen LogP contribution in [0.3, 0.4) is 0 Å². The summed E-state index contributed by atoms with van der Waals surface area (Å²) < 4.78 is 5.19. The fourth-order valence-electron chi connectivity index (χ4n) is 2.22. The number of carbonyl (C=O) groups excluding carboxylic acids is 1. The number of hydrogen-bond acceptors (Lipinski definition) is 5. The van der Waals surface area contributed by atoms with Crippen LogP contribution in [0.5, 0.6) is 0 Å². The lowest BCUT2D eigenvalue weighted by Crippen LogP contribution is -2.63. The van der Waals surface area contributed by atoms with Gasteiger partial charge in [-0.3, -0.25) is 14.9 Å². The molecule has 0 aromatic heterocycles. The molecule has 112 valence electrons. The Morgan fingerprint density at radius 3 is 2.62 bits per heavy atom. The van der Waals surface area contributed by atoms with Gasteiger partial charge in [0, 0.05) is 6.07 Å². The maximum absolute atomic E-state index is 12.2. The average molecular weight is 294 g/mol. The highest BCUT2D eigenvalue weighted by atomic mass is 16.6. The summed E-state index contributed by atoms with van der Waals surface area (Å²) in [6.45, 7) is 1.65. The Hall–Kier alpha value is -2.48. The third-order valence-electron chi connectivity index (χ3n) is 3.21. The number of amides is 1. The molecule has 0 atom stereocenters. The van der Waals surface area contributed by atoms with Gasteiger partial charge in [-0.1, -0.05) is 12.1 Å². The van der Waals surface area contributed by atoms with Crippen LogP contribution in [0.2, 0.25) is 0 Å². The van der Waals surface area contributed by atoms with Crippen LogP contribution in [0.4, 0.5) is 5.69 Å². The number of nitrogens with zero attached hydrogens (tertiary/aromatic N) is 2. The summed E-state index contributed by atoms with van der Waals surface area (Å²) in [5.74, 6) is -1.54. The zero-order chi connectivity index (χ0) is 15.6. The first-order valence-electron chi connectivity index (χ1n) is 6.21. The summed E-state index contributed by atoms with van der Waals surface area (Å²) in [5.41, 5.74) is -0.956. The number of hydrogen-bond donors (Lipinski definition) is 1. The van der Waals surface area contributed by atoms with E-state index in [0.717, 1.165) is 0 Å². The molecule has 0 unspecified atom stereocenters. The molecular formula is C13H14N2O6. The summed E-state index contributed by atoms with van der Waals surface area (Å²) in [5, 5.41) is 19.5. The van der Waals surface area contributed by atoms with Gasteiger partial charge in [-0.05, 0) is 13.0 Å². The van der Waals surface area contributed by atoms with Crippen LogP contribution >= 0.6 is 0 Å². The number of carboxylic acid groups (broad SMARTS) is 1. The van der Waals surface area contributed by atoms with E-state index in [0.29, 0.717) is 0 Å². The summed E-state index contributed by atoms with van der Waals surface area (Å²) >= 11 is 0. The van der Waals surface area contributed by atoms with E-state index < -0.39 is 29.0 Å². The van der Waals surface area contributed by atoms with E-state index in [1.54, 1.807) is 13.0 Å². The van der Waals surface area contributed by atoms with Crippen molar-refractivity contribution < 1.29 is 24.4 Å². The molecule has 1 aromatic carbocycles. The van der Waals surface area contributed by atoms with Crippen molar-refractivity contribution in [3.8, 4) is 0 Å². The van der Waals surface area contributed by atoms with E-state index in [2.05, 4.69) is 0 Å². The Bertz CT molecular complexity index is 594. The number of carboxylic acids is 1. The van der Waals surface area contributed by atoms with Crippen LogP contribution in [0.25, 0.3) is 0 Å². The molecule has 1 saturated heterocycles. The molecule has 1 amide bonds. The number of benzene rings is 1. The van der Waals surface area contributed by atoms with E-state index in [1.165, 1.54) is 23.1 Å². The van der Waals surface area contributed by atoms with Gasteiger partial charge in [0.15, 0.2) is 0 Å². The standard InChI is InChI=1S/C13H14N2O6/c1-13(21-6-11(16)17)7-14(8-13)12(18)9-4-2-3-5-10(9)15(19)20/h2-5H,6-8H2,1H3,(H,16,17). The Balaban J connectivity index is 2.04. The molecule has 0 saturated carbocycles. The van der Waals surface area contributed by atoms with Crippen molar-refractivity contribution in [3.05, 3.63) is 39.9 Å². The number of ether oxygens (including phenoxy) is 1. The number of para-hydroxylation sites is 1. The molecule has 8 heteroatoms. The van der Waals surface area contributed by atoms with Crippen molar-refractivity contribution in [2.45, 2.75) is 12.5 Å². The van der Waals surface area contributed by atoms with Gasteiger partial charge in [0.1, 0.15) is 17.8 Å². The van der Waals surface area contributed by atoms with Crippen molar-refractivity contribution in [2.24, 2.45) is 0 Å². The molecule has 0 aliphatic carbocycles. The van der Waals surface area contributed by atoms with Crippen molar-refractivity contribution in [1.82, 2.24) is 4.90 Å². The SMILES string of the molecule is CC1(OCC(=O)O)CN(C(=O)c2ccccc2[N+](=O)[O-])C1. The molecule has 8 nitrogen and oxygen atoms in total. The smallest absolute Gasteiger partial charge is 0.329 e. The average Bonchev–Trinajstić information content (AvgIpc) is 2.41. The maximum atomic E-state index is 12.2. The van der Waals surface area contributed by atoms with Gasteiger partial charge in [-0.2, -0.15) is 0 Å². The van der Waals surface area contributed by atoms with Gasteiger partial charge < -0.3 is 14.7 Å². The lowest BCUT2D eigenvalue weighted by atomic mass is 9.95. The lowest BCUT2D eigenvalue weighted by molar-refractivity contribution is -0.385. The number of nitro groups is 1. The quantitative estimate of drug-likeness (QED) is 0.638. The number of aliphatic carboxylic acids is 1. The largest absolute Gasteiger partial charge is 0.480 e. The zero-order valence-electron chi connectivity index (χ0n) is 11.3. The maximum Gasteiger partial charge on any atom is 0.329 e. The predicted octanol–water partition coefficient (Wildman–Crippen LogP) is 0.910. The number of nitro benzene ring substituents is 1. The molecule has 2 rings (SSSR count). The van der Waals surface area contributed by atoms with E-state index >= 15 is 0 Å². The van der Waals surface area contributed by atoms with Crippen LogP contribution < -0.4 is 0 Å². The molecule has 1 N–H and O–H groups in total. The van der Waals surface area contributed by atoms with Crippen molar-refractivity contribution in [2.75, 3.05) is 19.7 Å². The fraction of sp³-hybridized carbons (Fsp3) is 0.385. The Labute approximate surface area is 120 Å². The fourth-order valence-corrected chi connectivity index (χ4v) is 2.22. The molecule has 0 spiro atoms. The van der Waals surface area contributed by atoms with Crippen molar-refractivity contribution in [3.63, 3.8) is 0 Å². The molecule has 1 aliphatic rings. The highest BCUT2D eigenvalue weighted by molar-refractivity contribution is 5.98. The highest BCUT2D eigenvalue weighted by Crippen LogP contribution is 2.28. The minimum atomic E-state index is -1.08. The molecular weight excluding hydrogens is 280 g/mol. The highest BCUT2D eigenvalue weighted by Gasteiger charge is 2.44. The lowest BCUT2D eigenvalue weighted by Gasteiger charge is -2.47. The first kappa shape index (κ1) is 14.9. The topological polar surface area (TPSA) is 110 Å². The van der Waals surface area contributed by atoms with Crippen LogP contribution in [0.1, 0.15) is 17.3 Å². The summed E-state index contributed by atoms with van der Waals surface area (Å²) in [7, 11) is 0. The normalized spacial score (nSPS) is 16.1. The molecule has 21 heavy (non-hydrogen) atoms. The summed E-state index contributed by atoms with van der Waals surface area (Å²) in [6.07, 6.45) is 0. The van der Waals surface area contributed by atoms with E-state index in [4.69, 9.17) is 9.84 Å². The van der Waals surface area contributed by atoms with Gasteiger partial charge in [0.05, 0.1) is 18.0 Å². The first-order chi connectivity index (χ1) is 9.82. The first-order valence-corrected chi connectivity index (χ1v) is 6.21. The third-order valence-corrected chi connectivity index (χ3v) is 3.21. The second-order valence-corrected chi connectivity index (χ2v) is 5.07. The number of rotatable bonds is 5. The Morgan fingerprint density at radius 1 is 1.43 bits per heavy atom. The van der Waals surface area contributed by atoms with Crippen LogP contribution in [-0.2, 0) is 9.53 Å². The van der Waals surface area contributed by atoms with Crippen LogP contribution in [-0.4, -0.2) is 52.1 Å². The minimum absolute atomic E-state index is 0.0165. The van der Waals surface area contributed by atoms with Gasteiger partial charge in [0.25, 0.3) is 11.6 Å². The number of likely N-dealkylation sites (tertiary alicyclic amines) is 1. The van der Waals surface area contributed by atoms with E-state index in [1.807, 2.05) is 0 Å². The predicted molar refractivity (Wildman–Crippen MR) is 71.0 cm³/mol. The zero-order valence-corrected chi connectivity index (χ0v) is 11.3. The second-order valence-electron chi connectivity index (χ2n) is 5.07. The van der Waals surface area contributed by atoms with Gasteiger partial charge in [-0.25, -0.2) is 4.79 Å². The van der Waals surface area contributed by atoms with Gasteiger partial charge >= 0.3 is 5.97 Å². The van der Waals surface area contributed by atoms with E-state index in [-0.39, 0.29) is 24.3 Å². The molecule has 1 aromatic rings. The molecule has 1 heterocycles. The van der Waals surface area contributed by atoms with Gasteiger partial charge in [0.2, 0.25) is 0 Å². The summed E-state index contributed by atoms with van der Waals surface area (Å²) in [4.78, 5) is 34.4.